The Balaban J connectivity index is 1.50. The molecule has 1 heteroatoms. The molecule has 0 unspecified atom stereocenters. The van der Waals surface area contributed by atoms with Gasteiger partial charge >= 0.3 is 0 Å². The molecule has 0 aromatic carbocycles. The van der Waals surface area contributed by atoms with Gasteiger partial charge in [0, 0.05) is 6.04 Å². The lowest BCUT2D eigenvalue weighted by Crippen LogP contribution is -2.26. The van der Waals surface area contributed by atoms with Crippen molar-refractivity contribution in [2.45, 2.75) is 84.6 Å². The van der Waals surface area contributed by atoms with Crippen LogP contribution in [0.4, 0.5) is 0 Å². The number of nitrogens with one attached hydrogen (secondary N) is 1. The van der Waals surface area contributed by atoms with Crippen LogP contribution in [-0.2, 0) is 0 Å². The maximum absolute atomic E-state index is 3.62. The fourth-order valence-corrected chi connectivity index (χ4v) is 3.47. The predicted octanol–water partition coefficient (Wildman–Crippen LogP) is 4.76. The van der Waals surface area contributed by atoms with Crippen LogP contribution in [0.2, 0.25) is 0 Å². The summed E-state index contributed by atoms with van der Waals surface area (Å²) in [6.45, 7) is 8.52. The van der Waals surface area contributed by atoms with Gasteiger partial charge in [0.25, 0.3) is 0 Å². The Kier molecular flexibility index (Phi) is 5.12. The van der Waals surface area contributed by atoms with Crippen LogP contribution < -0.4 is 5.32 Å². The summed E-state index contributed by atoms with van der Waals surface area (Å²) in [7, 11) is 0. The molecule has 2 fully saturated rings. The minimum absolute atomic E-state index is 0.541. The molecule has 0 atom stereocenters. The summed E-state index contributed by atoms with van der Waals surface area (Å²) < 4.78 is 0. The lowest BCUT2D eigenvalue weighted by molar-refractivity contribution is 0.145. The van der Waals surface area contributed by atoms with Gasteiger partial charge in [0.15, 0.2) is 0 Å². The molecule has 0 saturated heterocycles. The van der Waals surface area contributed by atoms with Gasteiger partial charge in [-0.05, 0) is 55.9 Å². The van der Waals surface area contributed by atoms with E-state index in [0.717, 1.165) is 17.9 Å². The van der Waals surface area contributed by atoms with Crippen LogP contribution in [0.1, 0.15) is 78.6 Å². The minimum atomic E-state index is 0.541. The van der Waals surface area contributed by atoms with Crippen molar-refractivity contribution in [3.8, 4) is 0 Å². The van der Waals surface area contributed by atoms with Crippen LogP contribution in [0.5, 0.6) is 0 Å². The normalized spacial score (nSPS) is 29.5. The molecule has 0 heterocycles. The highest BCUT2D eigenvalue weighted by molar-refractivity contribution is 4.81. The van der Waals surface area contributed by atoms with Crippen LogP contribution in [0, 0.1) is 17.3 Å². The van der Waals surface area contributed by atoms with Crippen LogP contribution >= 0.6 is 0 Å². The Bertz CT molecular complexity index is 228. The molecule has 106 valence electrons. The highest BCUT2D eigenvalue weighted by Crippen LogP contribution is 2.40. The van der Waals surface area contributed by atoms with E-state index in [-0.39, 0.29) is 0 Å². The molecule has 0 spiro atoms. The Morgan fingerprint density at radius 3 is 2.11 bits per heavy atom. The average Bonchev–Trinajstić information content (AvgIpc) is 3.12. The van der Waals surface area contributed by atoms with Gasteiger partial charge in [-0.25, -0.2) is 0 Å². The zero-order chi connectivity index (χ0) is 13.0. The lowest BCUT2D eigenvalue weighted by Gasteiger charge is -2.37. The molecular weight excluding hydrogens is 218 g/mol. The summed E-state index contributed by atoms with van der Waals surface area (Å²) in [6, 6.07) is 0.896. The fourth-order valence-electron chi connectivity index (χ4n) is 3.47. The third kappa shape index (κ3) is 4.91. The van der Waals surface area contributed by atoms with Crippen molar-refractivity contribution < 1.29 is 0 Å². The summed E-state index contributed by atoms with van der Waals surface area (Å²) in [5.41, 5.74) is 0.541. The van der Waals surface area contributed by atoms with Crippen molar-refractivity contribution in [3.63, 3.8) is 0 Å². The topological polar surface area (TPSA) is 12.0 Å². The third-order valence-electron chi connectivity index (χ3n) is 5.12. The van der Waals surface area contributed by atoms with E-state index in [0.29, 0.717) is 5.41 Å². The molecule has 0 aromatic heterocycles. The van der Waals surface area contributed by atoms with E-state index in [1.54, 1.807) is 0 Å². The van der Waals surface area contributed by atoms with Crippen LogP contribution in [0.15, 0.2) is 0 Å². The largest absolute Gasteiger partial charge is 0.314 e. The van der Waals surface area contributed by atoms with E-state index in [1.165, 1.54) is 64.3 Å². The quantitative estimate of drug-likeness (QED) is 0.671. The summed E-state index contributed by atoms with van der Waals surface area (Å²) in [5, 5.41) is 3.62. The van der Waals surface area contributed by atoms with Gasteiger partial charge in [0.2, 0.25) is 0 Å². The molecule has 0 bridgehead atoms. The third-order valence-corrected chi connectivity index (χ3v) is 5.12. The van der Waals surface area contributed by atoms with Gasteiger partial charge in [0.1, 0.15) is 0 Å². The predicted molar refractivity (Wildman–Crippen MR) is 79.8 cm³/mol. The molecule has 18 heavy (non-hydrogen) atoms. The van der Waals surface area contributed by atoms with Crippen LogP contribution in [0.3, 0.4) is 0 Å². The number of unbranched alkanes of at least 4 members (excludes halogenated alkanes) is 1. The molecule has 2 aliphatic carbocycles. The first-order valence-corrected chi connectivity index (χ1v) is 8.29. The average molecular weight is 251 g/mol. The molecular formula is C17H33N. The number of hydrogen-bond donors (Lipinski definition) is 1. The Labute approximate surface area is 114 Å². The second-order valence-electron chi connectivity index (χ2n) is 7.81. The molecule has 0 aromatic rings. The van der Waals surface area contributed by atoms with E-state index in [4.69, 9.17) is 0 Å². The summed E-state index contributed by atoms with van der Waals surface area (Å²) in [5.74, 6) is 2.02. The first-order chi connectivity index (χ1) is 8.55. The summed E-state index contributed by atoms with van der Waals surface area (Å²) >= 11 is 0. The van der Waals surface area contributed by atoms with Crippen molar-refractivity contribution in [3.05, 3.63) is 0 Å². The van der Waals surface area contributed by atoms with Crippen LogP contribution in [-0.4, -0.2) is 12.6 Å². The molecule has 2 aliphatic rings. The number of rotatable bonds is 6. The van der Waals surface area contributed by atoms with Gasteiger partial charge in [-0.15, -0.1) is 0 Å². The Morgan fingerprint density at radius 1 is 0.889 bits per heavy atom. The SMILES string of the molecule is CC(C)(C)C1CCC(CCCCNC2CC2)CC1. The lowest BCUT2D eigenvalue weighted by atomic mass is 9.69. The first-order valence-electron chi connectivity index (χ1n) is 8.29. The summed E-state index contributed by atoms with van der Waals surface area (Å²) in [4.78, 5) is 0. The molecule has 2 rings (SSSR count). The van der Waals surface area contributed by atoms with E-state index in [1.807, 2.05) is 0 Å². The van der Waals surface area contributed by atoms with Gasteiger partial charge in [-0.1, -0.05) is 46.5 Å². The van der Waals surface area contributed by atoms with E-state index < -0.39 is 0 Å². The molecule has 2 saturated carbocycles. The highest BCUT2D eigenvalue weighted by Gasteiger charge is 2.29. The van der Waals surface area contributed by atoms with Crippen LogP contribution in [0.25, 0.3) is 0 Å². The smallest absolute Gasteiger partial charge is 0.00682 e. The highest BCUT2D eigenvalue weighted by atomic mass is 14.9. The second-order valence-corrected chi connectivity index (χ2v) is 7.81. The molecule has 0 radical (unpaired) electrons. The second kappa shape index (κ2) is 6.41. The maximum Gasteiger partial charge on any atom is 0.00682 e. The monoisotopic (exact) mass is 251 g/mol. The molecule has 1 nitrogen and oxygen atoms in total. The van der Waals surface area contributed by atoms with Gasteiger partial charge in [-0.2, -0.15) is 0 Å². The number of hydrogen-bond acceptors (Lipinski definition) is 1. The van der Waals surface area contributed by atoms with Gasteiger partial charge in [-0.3, -0.25) is 0 Å². The zero-order valence-electron chi connectivity index (χ0n) is 12.8. The zero-order valence-corrected chi connectivity index (χ0v) is 12.8. The van der Waals surface area contributed by atoms with Crippen molar-refractivity contribution in [2.24, 2.45) is 17.3 Å². The van der Waals surface area contributed by atoms with Crippen molar-refractivity contribution in [2.75, 3.05) is 6.54 Å². The Morgan fingerprint density at radius 2 is 1.56 bits per heavy atom. The van der Waals surface area contributed by atoms with Gasteiger partial charge in [0.05, 0.1) is 0 Å². The van der Waals surface area contributed by atoms with Gasteiger partial charge < -0.3 is 5.32 Å². The molecule has 0 aliphatic heterocycles. The molecule has 0 amide bonds. The standard InChI is InChI=1S/C17H33N/c1-17(2,3)15-9-7-14(8-10-15)6-4-5-13-18-16-11-12-16/h14-16,18H,4-13H2,1-3H3. The molecule has 1 N–H and O–H groups in total. The Hall–Kier alpha value is -0.0400. The van der Waals surface area contributed by atoms with E-state index in [9.17, 15) is 0 Å². The maximum atomic E-state index is 3.62. The fraction of sp³-hybridized carbons (Fsp3) is 1.00. The first kappa shape index (κ1) is 14.4. The van der Waals surface area contributed by atoms with Crippen molar-refractivity contribution in [1.82, 2.24) is 5.32 Å². The van der Waals surface area contributed by atoms with Crippen molar-refractivity contribution >= 4 is 0 Å². The minimum Gasteiger partial charge on any atom is -0.314 e. The van der Waals surface area contributed by atoms with E-state index in [2.05, 4.69) is 26.1 Å². The van der Waals surface area contributed by atoms with Crippen molar-refractivity contribution in [1.29, 1.82) is 0 Å². The van der Waals surface area contributed by atoms with E-state index >= 15 is 0 Å². The summed E-state index contributed by atoms with van der Waals surface area (Å²) in [6.07, 6.45) is 13.1.